The van der Waals surface area contributed by atoms with Crippen molar-refractivity contribution in [2.45, 2.75) is 58.5 Å². The van der Waals surface area contributed by atoms with Gasteiger partial charge in [-0.25, -0.2) is 0 Å². The number of methoxy groups -OCH3 is 1. The number of carbonyl (C=O) groups is 2. The number of amides is 2. The maximum absolute atomic E-state index is 14.1. The van der Waals surface area contributed by atoms with Gasteiger partial charge in [0.25, 0.3) is 11.8 Å². The average molecular weight is 500 g/mol. The number of hydrogen-bond acceptors (Lipinski definition) is 4. The van der Waals surface area contributed by atoms with E-state index in [1.165, 1.54) is 5.56 Å². The number of nitrogens with zero attached hydrogens (tertiary/aromatic N) is 1. The Hall–Kier alpha value is -3.64. The lowest BCUT2D eigenvalue weighted by molar-refractivity contribution is 0.0970. The Balaban J connectivity index is 1.64. The minimum Gasteiger partial charge on any atom is -0.496 e. The highest BCUT2D eigenvalue weighted by Crippen LogP contribution is 2.34. The van der Waals surface area contributed by atoms with Crippen molar-refractivity contribution in [1.29, 1.82) is 0 Å². The topological polar surface area (TPSA) is 70.7 Å². The largest absolute Gasteiger partial charge is 0.496 e. The number of para-hydroxylation sites is 1. The fraction of sp³-hybridized carbons (Fsp3) is 0.355. The van der Waals surface area contributed by atoms with Crippen molar-refractivity contribution in [3.63, 3.8) is 0 Å². The van der Waals surface area contributed by atoms with Gasteiger partial charge in [-0.3, -0.25) is 9.59 Å². The van der Waals surface area contributed by atoms with E-state index in [0.717, 1.165) is 43.5 Å². The zero-order chi connectivity index (χ0) is 26.4. The summed E-state index contributed by atoms with van der Waals surface area (Å²) in [5.74, 6) is 0.157. The van der Waals surface area contributed by atoms with E-state index in [2.05, 4.69) is 30.5 Å². The van der Waals surface area contributed by atoms with Crippen LogP contribution in [0.4, 0.5) is 11.4 Å². The lowest BCUT2D eigenvalue weighted by Gasteiger charge is -2.32. The van der Waals surface area contributed by atoms with Crippen molar-refractivity contribution in [1.82, 2.24) is 5.32 Å². The van der Waals surface area contributed by atoms with Crippen LogP contribution in [0.5, 0.6) is 5.75 Å². The second-order valence-corrected chi connectivity index (χ2v) is 9.93. The van der Waals surface area contributed by atoms with Crippen LogP contribution in [0.25, 0.3) is 0 Å². The molecule has 1 atom stereocenters. The number of benzene rings is 3. The third-order valence-electron chi connectivity index (χ3n) is 6.93. The Bertz CT molecular complexity index is 1250. The molecular weight excluding hydrogens is 462 g/mol. The molecule has 0 saturated heterocycles. The first kappa shape index (κ1) is 26.4. The fourth-order valence-corrected chi connectivity index (χ4v) is 5.00. The molecule has 6 heteroatoms. The van der Waals surface area contributed by atoms with Crippen molar-refractivity contribution in [3.05, 3.63) is 89.0 Å². The molecule has 2 N–H and O–H groups in total. The van der Waals surface area contributed by atoms with Gasteiger partial charge in [0.05, 0.1) is 12.7 Å². The number of rotatable bonds is 8. The molecule has 4 rings (SSSR count). The second-order valence-electron chi connectivity index (χ2n) is 9.93. The number of anilines is 2. The second kappa shape index (κ2) is 12.1. The smallest absolute Gasteiger partial charge is 0.262 e. The molecule has 37 heavy (non-hydrogen) atoms. The molecular formula is C31H37N3O3. The van der Waals surface area contributed by atoms with Gasteiger partial charge in [-0.1, -0.05) is 50.2 Å². The molecule has 0 spiro atoms. The lowest BCUT2D eigenvalue weighted by atomic mass is 10.0. The Kier molecular flexibility index (Phi) is 8.62. The van der Waals surface area contributed by atoms with Crippen LogP contribution >= 0.6 is 0 Å². The molecule has 0 saturated carbocycles. The number of nitrogens with one attached hydrogen (secondary N) is 2. The lowest BCUT2D eigenvalue weighted by Crippen LogP contribution is -2.42. The van der Waals surface area contributed by atoms with Crippen LogP contribution in [0.2, 0.25) is 0 Å². The quantitative estimate of drug-likeness (QED) is 0.399. The van der Waals surface area contributed by atoms with Gasteiger partial charge in [-0.2, -0.15) is 0 Å². The molecule has 1 aliphatic heterocycles. The summed E-state index contributed by atoms with van der Waals surface area (Å²) in [5.41, 5.74) is 4.73. The normalized spacial score (nSPS) is 15.2. The molecule has 1 heterocycles. The summed E-state index contributed by atoms with van der Waals surface area (Å²) in [6.07, 6.45) is 3.79. The summed E-state index contributed by atoms with van der Waals surface area (Å²) in [4.78, 5) is 28.9. The van der Waals surface area contributed by atoms with E-state index in [1.807, 2.05) is 48.2 Å². The van der Waals surface area contributed by atoms with Crippen LogP contribution in [0, 0.1) is 6.92 Å². The zero-order valence-electron chi connectivity index (χ0n) is 22.2. The highest BCUT2D eigenvalue weighted by Gasteiger charge is 2.31. The molecule has 0 aliphatic carbocycles. The van der Waals surface area contributed by atoms with E-state index < -0.39 is 0 Å². The molecule has 1 unspecified atom stereocenters. The zero-order valence-corrected chi connectivity index (χ0v) is 22.2. The van der Waals surface area contributed by atoms with Crippen molar-refractivity contribution in [2.75, 3.05) is 23.9 Å². The first-order valence-corrected chi connectivity index (χ1v) is 13.1. The van der Waals surface area contributed by atoms with Crippen LogP contribution in [-0.2, 0) is 6.42 Å². The molecule has 0 aromatic heterocycles. The Morgan fingerprint density at radius 1 is 1.03 bits per heavy atom. The summed E-state index contributed by atoms with van der Waals surface area (Å²) in [5, 5.41) is 6.44. The molecule has 2 amide bonds. The number of carbonyl (C=O) groups excluding carboxylic acids is 2. The van der Waals surface area contributed by atoms with E-state index in [9.17, 15) is 9.59 Å². The standard InChI is InChI=1S/C31H37N3O3/c1-21(2)32-19-18-25-13-9-12-23-11-6-8-15-28(23)34(25)31(36)27-17-16-24(20-29(27)37-4)33-30(35)26-14-7-5-10-22(26)3/h5-8,10-11,14-17,20-21,25,32H,9,12-13,18-19H2,1-4H3,(H,33,35). The maximum Gasteiger partial charge on any atom is 0.262 e. The average Bonchev–Trinajstić information content (AvgIpc) is 3.07. The number of fused-ring (bicyclic) bond motifs is 1. The minimum absolute atomic E-state index is 0.0764. The van der Waals surface area contributed by atoms with E-state index in [4.69, 9.17) is 4.74 Å². The van der Waals surface area contributed by atoms with Crippen LogP contribution in [0.15, 0.2) is 66.7 Å². The van der Waals surface area contributed by atoms with Gasteiger partial charge in [0.15, 0.2) is 0 Å². The molecule has 3 aromatic carbocycles. The van der Waals surface area contributed by atoms with Crippen LogP contribution in [-0.4, -0.2) is 37.6 Å². The Morgan fingerprint density at radius 2 is 1.78 bits per heavy atom. The SMILES string of the molecule is COc1cc(NC(=O)c2ccccc2C)ccc1C(=O)N1c2ccccc2CCCC1CCNC(C)C. The fourth-order valence-electron chi connectivity index (χ4n) is 5.00. The maximum atomic E-state index is 14.1. The first-order valence-electron chi connectivity index (χ1n) is 13.1. The highest BCUT2D eigenvalue weighted by atomic mass is 16.5. The third kappa shape index (κ3) is 6.20. The Morgan fingerprint density at radius 3 is 2.54 bits per heavy atom. The predicted octanol–water partition coefficient (Wildman–Crippen LogP) is 6.00. The summed E-state index contributed by atoms with van der Waals surface area (Å²) >= 11 is 0. The molecule has 0 radical (unpaired) electrons. The summed E-state index contributed by atoms with van der Waals surface area (Å²) in [6, 6.07) is 21.4. The van der Waals surface area contributed by atoms with E-state index >= 15 is 0 Å². The van der Waals surface area contributed by atoms with E-state index in [0.29, 0.717) is 28.6 Å². The van der Waals surface area contributed by atoms with Gasteiger partial charge in [-0.05, 0) is 74.5 Å². The van der Waals surface area contributed by atoms with E-state index in [1.54, 1.807) is 31.4 Å². The first-order chi connectivity index (χ1) is 17.9. The summed E-state index contributed by atoms with van der Waals surface area (Å²) < 4.78 is 5.66. The van der Waals surface area contributed by atoms with Crippen molar-refractivity contribution >= 4 is 23.2 Å². The van der Waals surface area contributed by atoms with Gasteiger partial charge in [0.1, 0.15) is 5.75 Å². The van der Waals surface area contributed by atoms with Gasteiger partial charge in [-0.15, -0.1) is 0 Å². The molecule has 6 nitrogen and oxygen atoms in total. The minimum atomic E-state index is -0.196. The molecule has 0 bridgehead atoms. The number of ether oxygens (including phenoxy) is 1. The van der Waals surface area contributed by atoms with Crippen molar-refractivity contribution in [2.24, 2.45) is 0 Å². The molecule has 0 fully saturated rings. The van der Waals surface area contributed by atoms with Gasteiger partial charge < -0.3 is 20.3 Å². The predicted molar refractivity (Wildman–Crippen MR) is 150 cm³/mol. The van der Waals surface area contributed by atoms with Crippen LogP contribution in [0.3, 0.4) is 0 Å². The summed E-state index contributed by atoms with van der Waals surface area (Å²) in [7, 11) is 1.56. The Labute approximate surface area is 220 Å². The molecule has 194 valence electrons. The summed E-state index contributed by atoms with van der Waals surface area (Å²) in [6.45, 7) is 7.02. The van der Waals surface area contributed by atoms with Gasteiger partial charge in [0.2, 0.25) is 0 Å². The third-order valence-corrected chi connectivity index (χ3v) is 6.93. The van der Waals surface area contributed by atoms with Crippen LogP contribution in [0.1, 0.15) is 65.0 Å². The van der Waals surface area contributed by atoms with E-state index in [-0.39, 0.29) is 17.9 Å². The molecule has 3 aromatic rings. The number of hydrogen-bond donors (Lipinski definition) is 2. The monoisotopic (exact) mass is 499 g/mol. The molecule has 1 aliphatic rings. The van der Waals surface area contributed by atoms with Crippen molar-refractivity contribution < 1.29 is 14.3 Å². The van der Waals surface area contributed by atoms with Crippen LogP contribution < -0.4 is 20.3 Å². The number of aryl methyl sites for hydroxylation is 2. The van der Waals surface area contributed by atoms with Gasteiger partial charge in [0, 0.05) is 35.1 Å². The van der Waals surface area contributed by atoms with Crippen molar-refractivity contribution in [3.8, 4) is 5.75 Å². The highest BCUT2D eigenvalue weighted by molar-refractivity contribution is 6.10. The van der Waals surface area contributed by atoms with Gasteiger partial charge >= 0.3 is 0 Å².